The molecule has 70 valence electrons. The van der Waals surface area contributed by atoms with Crippen molar-refractivity contribution in [3.05, 3.63) is 29.8 Å². The van der Waals surface area contributed by atoms with E-state index in [1.807, 2.05) is 13.0 Å². The maximum Gasteiger partial charge on any atom is 0.157 e. The number of hydrogen-bond donors (Lipinski definition) is 2. The Labute approximate surface area is 78.2 Å². The Hall–Kier alpha value is -1.44. The maximum atomic E-state index is 9.26. The van der Waals surface area contributed by atoms with Crippen molar-refractivity contribution < 1.29 is 10.2 Å². The Balaban J connectivity index is 3.10. The molecule has 0 aliphatic heterocycles. The molecular weight excluding hydrogens is 164 g/mol. The number of phenols is 2. The molecule has 0 spiro atoms. The highest BCUT2D eigenvalue weighted by molar-refractivity contribution is 5.67. The molecule has 0 unspecified atom stereocenters. The van der Waals surface area contributed by atoms with E-state index in [1.54, 1.807) is 12.1 Å². The Bertz CT molecular complexity index is 327. The monoisotopic (exact) mass is 178 g/mol. The van der Waals surface area contributed by atoms with Crippen molar-refractivity contribution in [1.82, 2.24) is 0 Å². The summed E-state index contributed by atoms with van der Waals surface area (Å²) in [7, 11) is 0. The summed E-state index contributed by atoms with van der Waals surface area (Å²) in [5, 5.41) is 18.4. The van der Waals surface area contributed by atoms with Gasteiger partial charge in [-0.25, -0.2) is 0 Å². The summed E-state index contributed by atoms with van der Waals surface area (Å²) >= 11 is 0. The fourth-order valence-corrected chi connectivity index (χ4v) is 1.30. The summed E-state index contributed by atoms with van der Waals surface area (Å²) in [5.41, 5.74) is 2.12. The van der Waals surface area contributed by atoms with Crippen LogP contribution in [0.15, 0.2) is 24.3 Å². The quantitative estimate of drug-likeness (QED) is 0.683. The molecule has 0 aromatic heterocycles. The van der Waals surface area contributed by atoms with Gasteiger partial charge in [-0.15, -0.1) is 0 Å². The van der Waals surface area contributed by atoms with E-state index in [0.29, 0.717) is 0 Å². The second kappa shape index (κ2) is 3.99. The van der Waals surface area contributed by atoms with Gasteiger partial charge in [-0.1, -0.05) is 19.1 Å². The number of rotatable bonds is 2. The van der Waals surface area contributed by atoms with E-state index < -0.39 is 0 Å². The second-order valence-corrected chi connectivity index (χ2v) is 2.87. The topological polar surface area (TPSA) is 40.5 Å². The van der Waals surface area contributed by atoms with Gasteiger partial charge in [-0.05, 0) is 36.6 Å². The van der Waals surface area contributed by atoms with Crippen molar-refractivity contribution in [3.8, 4) is 11.5 Å². The SMILES string of the molecule is C/C=C(\CC)c1ccc(O)c(O)c1. The molecule has 0 saturated carbocycles. The van der Waals surface area contributed by atoms with Gasteiger partial charge in [0, 0.05) is 0 Å². The van der Waals surface area contributed by atoms with E-state index >= 15 is 0 Å². The van der Waals surface area contributed by atoms with Gasteiger partial charge in [0.2, 0.25) is 0 Å². The zero-order chi connectivity index (χ0) is 9.84. The average molecular weight is 178 g/mol. The summed E-state index contributed by atoms with van der Waals surface area (Å²) in [5.74, 6) is -0.138. The molecule has 0 radical (unpaired) electrons. The molecule has 0 bridgehead atoms. The molecule has 1 rings (SSSR count). The zero-order valence-corrected chi connectivity index (χ0v) is 7.91. The first-order valence-electron chi connectivity index (χ1n) is 4.36. The summed E-state index contributed by atoms with van der Waals surface area (Å²) < 4.78 is 0. The first-order chi connectivity index (χ1) is 6.19. The molecule has 0 aliphatic carbocycles. The lowest BCUT2D eigenvalue weighted by molar-refractivity contribution is 0.403. The van der Waals surface area contributed by atoms with E-state index in [-0.39, 0.29) is 11.5 Å². The Kier molecular flexibility index (Phi) is 2.96. The summed E-state index contributed by atoms with van der Waals surface area (Å²) in [6.07, 6.45) is 2.92. The van der Waals surface area contributed by atoms with E-state index in [4.69, 9.17) is 5.11 Å². The average Bonchev–Trinajstić information content (AvgIpc) is 2.13. The molecule has 13 heavy (non-hydrogen) atoms. The van der Waals surface area contributed by atoms with Gasteiger partial charge in [0.25, 0.3) is 0 Å². The summed E-state index contributed by atoms with van der Waals surface area (Å²) in [6, 6.07) is 4.88. The molecule has 0 atom stereocenters. The lowest BCUT2D eigenvalue weighted by Gasteiger charge is -2.05. The van der Waals surface area contributed by atoms with Crippen LogP contribution in [0, 0.1) is 0 Å². The van der Waals surface area contributed by atoms with Gasteiger partial charge >= 0.3 is 0 Å². The minimum atomic E-state index is -0.0738. The highest BCUT2D eigenvalue weighted by atomic mass is 16.3. The highest BCUT2D eigenvalue weighted by Crippen LogP contribution is 2.29. The van der Waals surface area contributed by atoms with Crippen molar-refractivity contribution in [3.63, 3.8) is 0 Å². The van der Waals surface area contributed by atoms with E-state index in [0.717, 1.165) is 17.6 Å². The van der Waals surface area contributed by atoms with Crippen molar-refractivity contribution in [1.29, 1.82) is 0 Å². The number of hydrogen-bond acceptors (Lipinski definition) is 2. The molecule has 0 amide bonds. The largest absolute Gasteiger partial charge is 0.504 e. The molecule has 0 aliphatic rings. The molecule has 2 heteroatoms. The fourth-order valence-electron chi connectivity index (χ4n) is 1.30. The molecule has 0 heterocycles. The van der Waals surface area contributed by atoms with Crippen LogP contribution in [-0.2, 0) is 0 Å². The van der Waals surface area contributed by atoms with Gasteiger partial charge in [0.15, 0.2) is 11.5 Å². The Morgan fingerprint density at radius 3 is 2.46 bits per heavy atom. The third-order valence-corrected chi connectivity index (χ3v) is 2.08. The fraction of sp³-hybridized carbons (Fsp3) is 0.273. The normalized spacial score (nSPS) is 11.7. The van der Waals surface area contributed by atoms with Crippen LogP contribution in [0.1, 0.15) is 25.8 Å². The highest BCUT2D eigenvalue weighted by Gasteiger charge is 2.02. The van der Waals surface area contributed by atoms with E-state index in [2.05, 4.69) is 6.92 Å². The van der Waals surface area contributed by atoms with Gasteiger partial charge in [-0.3, -0.25) is 0 Å². The molecule has 2 nitrogen and oxygen atoms in total. The predicted molar refractivity (Wildman–Crippen MR) is 53.7 cm³/mol. The third-order valence-electron chi connectivity index (χ3n) is 2.08. The standard InChI is InChI=1S/C11H14O2/c1-3-8(4-2)9-5-6-10(12)11(13)7-9/h3,5-7,12-13H,4H2,1-2H3/b8-3+. The molecule has 1 aromatic rings. The van der Waals surface area contributed by atoms with Crippen molar-refractivity contribution in [2.75, 3.05) is 0 Å². The van der Waals surface area contributed by atoms with Gasteiger partial charge < -0.3 is 10.2 Å². The minimum absolute atomic E-state index is 0.0645. The number of phenolic OH excluding ortho intramolecular Hbond substituents is 2. The third kappa shape index (κ3) is 2.02. The van der Waals surface area contributed by atoms with Crippen LogP contribution in [0.2, 0.25) is 0 Å². The van der Waals surface area contributed by atoms with Crippen LogP contribution in [0.5, 0.6) is 11.5 Å². The molecule has 2 N–H and O–H groups in total. The van der Waals surface area contributed by atoms with Gasteiger partial charge in [-0.2, -0.15) is 0 Å². The minimum Gasteiger partial charge on any atom is -0.504 e. The lowest BCUT2D eigenvalue weighted by atomic mass is 10.0. The Morgan fingerprint density at radius 1 is 1.31 bits per heavy atom. The van der Waals surface area contributed by atoms with E-state index in [9.17, 15) is 5.11 Å². The molecule has 0 fully saturated rings. The second-order valence-electron chi connectivity index (χ2n) is 2.87. The van der Waals surface area contributed by atoms with Crippen LogP contribution >= 0.6 is 0 Å². The van der Waals surface area contributed by atoms with Crippen LogP contribution in [0.25, 0.3) is 5.57 Å². The van der Waals surface area contributed by atoms with Crippen molar-refractivity contribution >= 4 is 5.57 Å². The number of allylic oxidation sites excluding steroid dienone is 2. The zero-order valence-electron chi connectivity index (χ0n) is 7.91. The molecule has 1 aromatic carbocycles. The van der Waals surface area contributed by atoms with Crippen molar-refractivity contribution in [2.24, 2.45) is 0 Å². The van der Waals surface area contributed by atoms with Gasteiger partial charge in [0.1, 0.15) is 0 Å². The summed E-state index contributed by atoms with van der Waals surface area (Å²) in [4.78, 5) is 0. The maximum absolute atomic E-state index is 9.26. The number of benzene rings is 1. The van der Waals surface area contributed by atoms with E-state index in [1.165, 1.54) is 6.07 Å². The lowest BCUT2D eigenvalue weighted by Crippen LogP contribution is -1.81. The first-order valence-corrected chi connectivity index (χ1v) is 4.36. The molecule has 0 saturated heterocycles. The van der Waals surface area contributed by atoms with Crippen LogP contribution in [0.3, 0.4) is 0 Å². The first kappa shape index (κ1) is 9.65. The van der Waals surface area contributed by atoms with Crippen LogP contribution < -0.4 is 0 Å². The smallest absolute Gasteiger partial charge is 0.157 e. The van der Waals surface area contributed by atoms with Crippen LogP contribution in [-0.4, -0.2) is 10.2 Å². The van der Waals surface area contributed by atoms with Crippen LogP contribution in [0.4, 0.5) is 0 Å². The summed E-state index contributed by atoms with van der Waals surface area (Å²) in [6.45, 7) is 4.02. The molecular formula is C11H14O2. The number of aromatic hydroxyl groups is 2. The van der Waals surface area contributed by atoms with Gasteiger partial charge in [0.05, 0.1) is 0 Å². The van der Waals surface area contributed by atoms with Crippen molar-refractivity contribution in [2.45, 2.75) is 20.3 Å². The predicted octanol–water partition coefficient (Wildman–Crippen LogP) is 2.91. The Morgan fingerprint density at radius 2 is 2.00 bits per heavy atom.